The van der Waals surface area contributed by atoms with Crippen LogP contribution in [-0.4, -0.2) is 112 Å². The number of fused-ring (bicyclic) bond motifs is 15. The second kappa shape index (κ2) is 18.0. The summed E-state index contributed by atoms with van der Waals surface area (Å²) in [4.78, 5) is 67.5. The minimum Gasteiger partial charge on any atom is -0.377 e. The molecule has 0 unspecified atom stereocenters. The molecule has 3 heterocycles. The number of piperidine rings is 1. The van der Waals surface area contributed by atoms with E-state index >= 15 is 0 Å². The third-order valence-corrected chi connectivity index (χ3v) is 8.15. The van der Waals surface area contributed by atoms with Gasteiger partial charge >= 0.3 is 0 Å². The van der Waals surface area contributed by atoms with Gasteiger partial charge in [0.25, 0.3) is 11.8 Å². The number of amides is 5. The number of hydrogen-bond donors (Lipinski definition) is 3. The van der Waals surface area contributed by atoms with Crippen LogP contribution in [0.2, 0.25) is 0 Å². The van der Waals surface area contributed by atoms with Crippen molar-refractivity contribution in [2.45, 2.75) is 19.3 Å². The molecule has 5 amide bonds. The lowest BCUT2D eigenvalue weighted by Crippen LogP contribution is -2.51. The van der Waals surface area contributed by atoms with Crippen molar-refractivity contribution < 1.29 is 37.8 Å². The molecule has 5 rings (SSSR count). The average molecular weight is 640 g/mol. The molecule has 2 atom stereocenters. The highest BCUT2D eigenvalue weighted by Crippen LogP contribution is 2.29. The van der Waals surface area contributed by atoms with E-state index in [-0.39, 0.29) is 74.6 Å². The van der Waals surface area contributed by atoms with Crippen LogP contribution in [0.15, 0.2) is 54.6 Å². The molecule has 0 aliphatic carbocycles. The fraction of sp³-hybridized carbons (Fsp3) is 0.485. The van der Waals surface area contributed by atoms with E-state index in [4.69, 9.17) is 9.47 Å². The zero-order chi connectivity index (χ0) is 32.7. The fourth-order valence-corrected chi connectivity index (χ4v) is 5.57. The van der Waals surface area contributed by atoms with Crippen LogP contribution >= 0.6 is 0 Å². The first-order valence-corrected chi connectivity index (χ1v) is 15.6. The first kappa shape index (κ1) is 34.5. The van der Waals surface area contributed by atoms with Gasteiger partial charge < -0.3 is 35.2 Å². The average Bonchev–Trinajstić information content (AvgIpc) is 3.06. The lowest BCUT2D eigenvalue weighted by molar-refractivity contribution is -0.145. The van der Waals surface area contributed by atoms with Gasteiger partial charge in [-0.2, -0.15) is 0 Å². The normalized spacial score (nSPS) is 20.4. The third-order valence-electron chi connectivity index (χ3n) is 8.15. The van der Waals surface area contributed by atoms with E-state index in [2.05, 4.69) is 16.0 Å². The van der Waals surface area contributed by atoms with E-state index in [0.29, 0.717) is 57.6 Å². The lowest BCUT2D eigenvalue weighted by Gasteiger charge is -2.39. The summed E-state index contributed by atoms with van der Waals surface area (Å²) in [6.07, 6.45) is 1.45. The molecule has 0 aromatic heterocycles. The molecule has 13 heteroatoms. The maximum Gasteiger partial charge on any atom is 0.251 e. The van der Waals surface area contributed by atoms with E-state index < -0.39 is 17.6 Å². The Balaban J connectivity index is 1.40. The second-order valence-electron chi connectivity index (χ2n) is 11.4. The van der Waals surface area contributed by atoms with E-state index in [1.165, 1.54) is 29.2 Å². The summed E-state index contributed by atoms with van der Waals surface area (Å²) in [5.74, 6) is -1.90. The maximum absolute atomic E-state index is 13.5. The van der Waals surface area contributed by atoms with Gasteiger partial charge in [-0.15, -0.1) is 0 Å². The van der Waals surface area contributed by atoms with Crippen LogP contribution in [0.5, 0.6) is 0 Å². The Morgan fingerprint density at radius 2 is 1.57 bits per heavy atom. The molecule has 12 nitrogen and oxygen atoms in total. The van der Waals surface area contributed by atoms with Gasteiger partial charge in [-0.25, -0.2) is 4.39 Å². The van der Waals surface area contributed by atoms with Crippen molar-refractivity contribution in [2.75, 3.05) is 72.2 Å². The van der Waals surface area contributed by atoms with E-state index in [9.17, 15) is 28.4 Å². The Morgan fingerprint density at radius 1 is 0.870 bits per heavy atom. The van der Waals surface area contributed by atoms with E-state index in [0.717, 1.165) is 0 Å². The summed E-state index contributed by atoms with van der Waals surface area (Å²) in [5, 5.41) is 8.53. The van der Waals surface area contributed by atoms with Gasteiger partial charge in [0.2, 0.25) is 17.7 Å². The summed E-state index contributed by atoms with van der Waals surface area (Å²) in [6.45, 7) is 1.83. The molecule has 3 aliphatic rings. The monoisotopic (exact) mass is 639 g/mol. The van der Waals surface area contributed by atoms with Crippen molar-refractivity contribution in [2.24, 2.45) is 11.8 Å². The smallest absolute Gasteiger partial charge is 0.251 e. The van der Waals surface area contributed by atoms with Gasteiger partial charge in [-0.05, 0) is 61.1 Å². The largest absolute Gasteiger partial charge is 0.377 e. The highest BCUT2D eigenvalue weighted by atomic mass is 19.1. The Bertz CT molecular complexity index is 1330. The van der Waals surface area contributed by atoms with Crippen molar-refractivity contribution in [1.29, 1.82) is 0 Å². The van der Waals surface area contributed by atoms with Gasteiger partial charge in [0.15, 0.2) is 0 Å². The first-order chi connectivity index (χ1) is 22.3. The lowest BCUT2D eigenvalue weighted by atomic mass is 9.80. The highest BCUT2D eigenvalue weighted by Gasteiger charge is 2.33. The molecule has 0 saturated carbocycles. The number of hydrogen-bond acceptors (Lipinski definition) is 7. The van der Waals surface area contributed by atoms with Crippen LogP contribution in [0.3, 0.4) is 0 Å². The summed E-state index contributed by atoms with van der Waals surface area (Å²) < 4.78 is 24.2. The number of ether oxygens (including phenoxy) is 2. The Labute approximate surface area is 268 Å². The van der Waals surface area contributed by atoms with Gasteiger partial charge in [0.05, 0.1) is 26.4 Å². The molecule has 3 aliphatic heterocycles. The maximum atomic E-state index is 13.5. The predicted molar refractivity (Wildman–Crippen MR) is 166 cm³/mol. The first-order valence-electron chi connectivity index (χ1n) is 15.6. The number of carbonyl (C=O) groups excluding carboxylic acids is 5. The zero-order valence-electron chi connectivity index (χ0n) is 25.9. The minimum absolute atomic E-state index is 0.00490. The van der Waals surface area contributed by atoms with Crippen molar-refractivity contribution in [3.63, 3.8) is 0 Å². The molecular formula is C33H42FN5O7. The van der Waals surface area contributed by atoms with Gasteiger partial charge in [-0.1, -0.05) is 18.2 Å². The summed E-state index contributed by atoms with van der Waals surface area (Å²) in [7, 11) is 0. The molecule has 2 bridgehead atoms. The number of nitrogens with zero attached hydrogens (tertiary/aromatic N) is 2. The molecule has 2 aromatic rings. The molecule has 3 N–H and O–H groups in total. The Morgan fingerprint density at radius 3 is 2.33 bits per heavy atom. The van der Waals surface area contributed by atoms with Gasteiger partial charge in [0, 0.05) is 56.8 Å². The molecule has 3 fully saturated rings. The van der Waals surface area contributed by atoms with Crippen molar-refractivity contribution in [3.05, 3.63) is 71.5 Å². The molecule has 3 saturated heterocycles. The predicted octanol–water partition coefficient (Wildman–Crippen LogP) is 1.22. The van der Waals surface area contributed by atoms with Crippen LogP contribution < -0.4 is 16.0 Å². The molecule has 46 heavy (non-hydrogen) atoms. The fourth-order valence-electron chi connectivity index (χ4n) is 5.57. The summed E-state index contributed by atoms with van der Waals surface area (Å²) in [6, 6.07) is 14.0. The standard InChI is InChI=1S/C33H42FN5O7/c34-28-8-6-25(7-9-28)33(44)37-13-16-39-22-30(41)38-15-11-26(20-29(40)35-14-17-45-18-19-46-23-31(39)42)27(21-38)10-12-36-32(43)24-4-2-1-3-5-24/h1-9,26-27H,10-23H2,(H,35,40)(H,36,43)(H,37,44)/t26-,27+/m1/s1. The van der Waals surface area contributed by atoms with Crippen LogP contribution in [0, 0.1) is 17.7 Å². The van der Waals surface area contributed by atoms with E-state index in [1.54, 1.807) is 29.2 Å². The topological polar surface area (TPSA) is 146 Å². The molecule has 248 valence electrons. The third kappa shape index (κ3) is 10.9. The summed E-state index contributed by atoms with van der Waals surface area (Å²) >= 11 is 0. The van der Waals surface area contributed by atoms with Crippen molar-refractivity contribution >= 4 is 29.5 Å². The van der Waals surface area contributed by atoms with Gasteiger partial charge in [0.1, 0.15) is 12.4 Å². The minimum atomic E-state index is -0.458. The van der Waals surface area contributed by atoms with Crippen molar-refractivity contribution in [3.8, 4) is 0 Å². The molecular weight excluding hydrogens is 597 g/mol. The molecule has 0 radical (unpaired) electrons. The SMILES string of the molecule is O=C1C[C@H]2CCN(C[C@@H]2CCNC(=O)c2ccccc2)C(=O)CN(CCNC(=O)c2ccc(F)cc2)C(=O)COCCOCCN1. The van der Waals surface area contributed by atoms with Gasteiger partial charge in [-0.3, -0.25) is 24.0 Å². The van der Waals surface area contributed by atoms with Crippen LogP contribution in [-0.2, 0) is 23.9 Å². The Kier molecular flexibility index (Phi) is 13.5. The number of carbonyl (C=O) groups is 5. The number of rotatable bonds is 8. The quantitative estimate of drug-likeness (QED) is 0.368. The number of benzene rings is 2. The number of nitrogens with one attached hydrogen (secondary N) is 3. The summed E-state index contributed by atoms with van der Waals surface area (Å²) in [5.41, 5.74) is 0.825. The van der Waals surface area contributed by atoms with Crippen LogP contribution in [0.25, 0.3) is 0 Å². The Hall–Kier alpha value is -4.36. The van der Waals surface area contributed by atoms with Crippen molar-refractivity contribution in [1.82, 2.24) is 25.8 Å². The van der Waals surface area contributed by atoms with Crippen LogP contribution in [0.1, 0.15) is 40.0 Å². The van der Waals surface area contributed by atoms with Crippen LogP contribution in [0.4, 0.5) is 4.39 Å². The van der Waals surface area contributed by atoms with E-state index in [1.807, 2.05) is 6.07 Å². The highest BCUT2D eigenvalue weighted by molar-refractivity contribution is 5.94. The second-order valence-corrected chi connectivity index (χ2v) is 11.4. The molecule has 0 spiro atoms. The molecule has 2 aromatic carbocycles. The number of halogens is 1. The zero-order valence-corrected chi connectivity index (χ0v) is 25.9.